The summed E-state index contributed by atoms with van der Waals surface area (Å²) in [5.41, 5.74) is 0. The van der Waals surface area contributed by atoms with Crippen LogP contribution in [0.4, 0.5) is 0 Å². The third-order valence-corrected chi connectivity index (χ3v) is 2.99. The molecule has 1 rings (SSSR count). The van der Waals surface area contributed by atoms with E-state index >= 15 is 0 Å². The van der Waals surface area contributed by atoms with Crippen LogP contribution in [0, 0.1) is 5.92 Å². The zero-order chi connectivity index (χ0) is 11.1. The second-order valence-corrected chi connectivity index (χ2v) is 4.38. The average molecular weight is 214 g/mol. The fraction of sp³-hybridized carbons (Fsp3) is 0.909. The summed E-state index contributed by atoms with van der Waals surface area (Å²) in [7, 11) is 2.13. The molecule has 0 unspecified atom stereocenters. The molecule has 2 N–H and O–H groups in total. The van der Waals surface area contributed by atoms with Crippen molar-refractivity contribution in [2.24, 2.45) is 5.92 Å². The Kier molecular flexibility index (Phi) is 5.65. The van der Waals surface area contributed by atoms with Crippen LogP contribution in [-0.4, -0.2) is 49.2 Å². The molecule has 1 fully saturated rings. The molecule has 0 radical (unpaired) electrons. The lowest BCUT2D eigenvalue weighted by atomic mass is 9.97. The summed E-state index contributed by atoms with van der Waals surface area (Å²) in [4.78, 5) is 13.6. The van der Waals surface area contributed by atoms with Gasteiger partial charge >= 0.3 is 0 Å². The molecule has 0 aromatic heterocycles. The minimum Gasteiger partial charge on any atom is -0.396 e. The molecule has 15 heavy (non-hydrogen) atoms. The summed E-state index contributed by atoms with van der Waals surface area (Å²) in [6.07, 6.45) is 3.37. The van der Waals surface area contributed by atoms with Crippen LogP contribution in [-0.2, 0) is 4.79 Å². The number of amides is 1. The molecule has 0 atom stereocenters. The van der Waals surface area contributed by atoms with Crippen molar-refractivity contribution in [2.45, 2.75) is 25.7 Å². The first kappa shape index (κ1) is 12.5. The van der Waals surface area contributed by atoms with Crippen molar-refractivity contribution in [3.05, 3.63) is 0 Å². The van der Waals surface area contributed by atoms with Crippen molar-refractivity contribution in [3.8, 4) is 0 Å². The number of hydrogen-bond donors (Lipinski definition) is 2. The van der Waals surface area contributed by atoms with E-state index in [4.69, 9.17) is 5.11 Å². The van der Waals surface area contributed by atoms with Gasteiger partial charge in [-0.3, -0.25) is 4.79 Å². The molecular weight excluding hydrogens is 192 g/mol. The van der Waals surface area contributed by atoms with Gasteiger partial charge in [0.1, 0.15) is 0 Å². The van der Waals surface area contributed by atoms with Crippen molar-refractivity contribution >= 4 is 5.91 Å². The monoisotopic (exact) mass is 214 g/mol. The number of carbonyl (C=O) groups excluding carboxylic acids is 1. The Bertz CT molecular complexity index is 189. The smallest absolute Gasteiger partial charge is 0.220 e. The van der Waals surface area contributed by atoms with Gasteiger partial charge in [-0.1, -0.05) is 0 Å². The highest BCUT2D eigenvalue weighted by Crippen LogP contribution is 2.14. The van der Waals surface area contributed by atoms with E-state index in [1.807, 2.05) is 0 Å². The normalized spacial score (nSPS) is 19.1. The number of aliphatic hydroxyl groups excluding tert-OH is 1. The molecule has 0 saturated carbocycles. The van der Waals surface area contributed by atoms with Crippen LogP contribution in [0.3, 0.4) is 0 Å². The summed E-state index contributed by atoms with van der Waals surface area (Å²) in [5.74, 6) is 0.710. The number of nitrogens with one attached hydrogen (secondary N) is 1. The van der Waals surface area contributed by atoms with E-state index in [0.29, 0.717) is 18.8 Å². The fourth-order valence-corrected chi connectivity index (χ4v) is 1.85. The maximum Gasteiger partial charge on any atom is 0.220 e. The molecule has 1 heterocycles. The molecule has 0 bridgehead atoms. The van der Waals surface area contributed by atoms with Crippen molar-refractivity contribution in [1.82, 2.24) is 10.2 Å². The summed E-state index contributed by atoms with van der Waals surface area (Å²) in [6.45, 7) is 3.17. The van der Waals surface area contributed by atoms with Gasteiger partial charge in [0, 0.05) is 19.6 Å². The van der Waals surface area contributed by atoms with E-state index < -0.39 is 0 Å². The van der Waals surface area contributed by atoms with Crippen LogP contribution in [0.25, 0.3) is 0 Å². The van der Waals surface area contributed by atoms with E-state index in [-0.39, 0.29) is 12.5 Å². The molecule has 0 aromatic carbocycles. The van der Waals surface area contributed by atoms with Crippen LogP contribution >= 0.6 is 0 Å². The number of nitrogens with zero attached hydrogens (tertiary/aromatic N) is 1. The molecule has 0 aliphatic carbocycles. The molecule has 0 spiro atoms. The molecular formula is C11H22N2O2. The lowest BCUT2D eigenvalue weighted by Crippen LogP contribution is -2.36. The molecule has 0 aromatic rings. The third-order valence-electron chi connectivity index (χ3n) is 2.99. The van der Waals surface area contributed by atoms with E-state index in [2.05, 4.69) is 17.3 Å². The van der Waals surface area contributed by atoms with Crippen LogP contribution in [0.5, 0.6) is 0 Å². The Hall–Kier alpha value is -0.610. The standard InChI is InChI=1S/C11H22N2O2/c1-13-6-4-10(5-7-13)9-12-11(15)3-2-8-14/h10,14H,2-9H2,1H3,(H,12,15). The van der Waals surface area contributed by atoms with Crippen molar-refractivity contribution in [2.75, 3.05) is 33.3 Å². The van der Waals surface area contributed by atoms with Gasteiger partial charge in [0.15, 0.2) is 0 Å². The van der Waals surface area contributed by atoms with Crippen molar-refractivity contribution in [1.29, 1.82) is 0 Å². The van der Waals surface area contributed by atoms with Gasteiger partial charge in [0.25, 0.3) is 0 Å². The molecule has 4 heteroatoms. The summed E-state index contributed by atoms with van der Waals surface area (Å²) < 4.78 is 0. The Labute approximate surface area is 91.6 Å². The van der Waals surface area contributed by atoms with Crippen LogP contribution in [0.2, 0.25) is 0 Å². The van der Waals surface area contributed by atoms with E-state index in [0.717, 1.165) is 19.6 Å². The summed E-state index contributed by atoms with van der Waals surface area (Å²) >= 11 is 0. The number of likely N-dealkylation sites (tertiary alicyclic amines) is 1. The zero-order valence-corrected chi connectivity index (χ0v) is 9.54. The number of rotatable bonds is 5. The van der Waals surface area contributed by atoms with Gasteiger partial charge in [-0.15, -0.1) is 0 Å². The van der Waals surface area contributed by atoms with Gasteiger partial charge in [-0.25, -0.2) is 0 Å². The topological polar surface area (TPSA) is 52.6 Å². The van der Waals surface area contributed by atoms with Crippen LogP contribution in [0.15, 0.2) is 0 Å². The molecule has 1 aliphatic heterocycles. The summed E-state index contributed by atoms with van der Waals surface area (Å²) in [5, 5.41) is 11.5. The number of carbonyl (C=O) groups is 1. The first-order valence-corrected chi connectivity index (χ1v) is 5.78. The second-order valence-electron chi connectivity index (χ2n) is 4.38. The largest absolute Gasteiger partial charge is 0.396 e. The fourth-order valence-electron chi connectivity index (χ4n) is 1.85. The highest BCUT2D eigenvalue weighted by molar-refractivity contribution is 5.75. The highest BCUT2D eigenvalue weighted by Gasteiger charge is 2.16. The quantitative estimate of drug-likeness (QED) is 0.688. The minimum absolute atomic E-state index is 0.0722. The Morgan fingerprint density at radius 1 is 1.47 bits per heavy atom. The van der Waals surface area contributed by atoms with Gasteiger partial charge in [-0.2, -0.15) is 0 Å². The Balaban J connectivity index is 2.06. The number of hydrogen-bond acceptors (Lipinski definition) is 3. The highest BCUT2D eigenvalue weighted by atomic mass is 16.3. The van der Waals surface area contributed by atoms with Gasteiger partial charge in [-0.05, 0) is 45.3 Å². The predicted octanol–water partition coefficient (Wildman–Crippen LogP) is 0.217. The molecule has 1 saturated heterocycles. The lowest BCUT2D eigenvalue weighted by molar-refractivity contribution is -0.121. The predicted molar refractivity (Wildman–Crippen MR) is 59.6 cm³/mol. The Morgan fingerprint density at radius 2 is 2.13 bits per heavy atom. The second kappa shape index (κ2) is 6.80. The van der Waals surface area contributed by atoms with Crippen LogP contribution in [0.1, 0.15) is 25.7 Å². The van der Waals surface area contributed by atoms with Crippen molar-refractivity contribution < 1.29 is 9.90 Å². The van der Waals surface area contributed by atoms with Gasteiger partial charge in [0.2, 0.25) is 5.91 Å². The SMILES string of the molecule is CN1CCC(CNC(=O)CCCO)CC1. The molecule has 1 amide bonds. The lowest BCUT2D eigenvalue weighted by Gasteiger charge is -2.28. The van der Waals surface area contributed by atoms with Gasteiger partial charge in [0.05, 0.1) is 0 Å². The van der Waals surface area contributed by atoms with E-state index in [1.165, 1.54) is 12.8 Å². The molecule has 4 nitrogen and oxygen atoms in total. The maximum atomic E-state index is 11.3. The molecule has 1 aliphatic rings. The number of aliphatic hydroxyl groups is 1. The average Bonchev–Trinajstić information content (AvgIpc) is 2.25. The first-order chi connectivity index (χ1) is 7.22. The van der Waals surface area contributed by atoms with E-state index in [1.54, 1.807) is 0 Å². The van der Waals surface area contributed by atoms with Gasteiger partial charge < -0.3 is 15.3 Å². The minimum atomic E-state index is 0.0722. The third kappa shape index (κ3) is 5.14. The van der Waals surface area contributed by atoms with Crippen molar-refractivity contribution in [3.63, 3.8) is 0 Å². The van der Waals surface area contributed by atoms with E-state index in [9.17, 15) is 4.79 Å². The Morgan fingerprint density at radius 3 is 2.73 bits per heavy atom. The summed E-state index contributed by atoms with van der Waals surface area (Å²) in [6, 6.07) is 0. The maximum absolute atomic E-state index is 11.3. The first-order valence-electron chi connectivity index (χ1n) is 5.78. The number of piperidine rings is 1. The zero-order valence-electron chi connectivity index (χ0n) is 9.54. The van der Waals surface area contributed by atoms with Crippen LogP contribution < -0.4 is 5.32 Å². The molecule has 88 valence electrons.